The molecule has 0 fully saturated rings. The van der Waals surface area contributed by atoms with E-state index in [2.05, 4.69) is 5.32 Å². The summed E-state index contributed by atoms with van der Waals surface area (Å²) >= 11 is 0. The van der Waals surface area contributed by atoms with Gasteiger partial charge in [-0.05, 0) is 36.4 Å². The van der Waals surface area contributed by atoms with Crippen LogP contribution in [0.25, 0.3) is 0 Å². The number of aldehydes is 1. The van der Waals surface area contributed by atoms with Crippen LogP contribution < -0.4 is 19.5 Å². The molecule has 0 aromatic heterocycles. The highest BCUT2D eigenvalue weighted by molar-refractivity contribution is 5.93. The first-order valence-electron chi connectivity index (χ1n) is 7.67. The van der Waals surface area contributed by atoms with Gasteiger partial charge in [-0.1, -0.05) is 0 Å². The fourth-order valence-corrected chi connectivity index (χ4v) is 2.14. The summed E-state index contributed by atoms with van der Waals surface area (Å²) in [7, 11) is 0. The van der Waals surface area contributed by atoms with Crippen LogP contribution in [0.3, 0.4) is 0 Å². The summed E-state index contributed by atoms with van der Waals surface area (Å²) in [4.78, 5) is 34.0. The van der Waals surface area contributed by atoms with E-state index in [4.69, 9.17) is 18.9 Å². The van der Waals surface area contributed by atoms with E-state index in [-0.39, 0.29) is 13.4 Å². The third-order valence-corrected chi connectivity index (χ3v) is 3.39. The van der Waals surface area contributed by atoms with E-state index in [0.717, 1.165) is 0 Å². The first kappa shape index (κ1) is 17.3. The lowest BCUT2D eigenvalue weighted by molar-refractivity contribution is -0.149. The number of carbonyl (C=O) groups is 3. The Morgan fingerprint density at radius 2 is 1.81 bits per heavy atom. The molecule has 2 aromatic carbocycles. The molecule has 0 spiro atoms. The van der Waals surface area contributed by atoms with Gasteiger partial charge in [0.1, 0.15) is 12.0 Å². The van der Waals surface area contributed by atoms with Gasteiger partial charge in [-0.2, -0.15) is 0 Å². The number of anilines is 1. The number of hydrogen-bond donors (Lipinski definition) is 1. The van der Waals surface area contributed by atoms with Crippen molar-refractivity contribution in [3.63, 3.8) is 0 Å². The van der Waals surface area contributed by atoms with Crippen molar-refractivity contribution >= 4 is 23.9 Å². The van der Waals surface area contributed by atoms with Crippen molar-refractivity contribution < 1.29 is 33.3 Å². The van der Waals surface area contributed by atoms with E-state index >= 15 is 0 Å². The molecule has 1 amide bonds. The molecule has 0 saturated heterocycles. The van der Waals surface area contributed by atoms with Crippen LogP contribution in [0, 0.1) is 0 Å². The molecule has 134 valence electrons. The average Bonchev–Trinajstić information content (AvgIpc) is 3.13. The predicted molar refractivity (Wildman–Crippen MR) is 89.5 cm³/mol. The zero-order chi connectivity index (χ0) is 18.4. The summed E-state index contributed by atoms with van der Waals surface area (Å²) in [6.45, 7) is -0.652. The summed E-state index contributed by atoms with van der Waals surface area (Å²) in [5, 5.41) is 2.59. The van der Waals surface area contributed by atoms with Gasteiger partial charge in [-0.15, -0.1) is 0 Å². The van der Waals surface area contributed by atoms with Crippen LogP contribution in [-0.2, 0) is 14.3 Å². The minimum absolute atomic E-state index is 0.141. The predicted octanol–water partition coefficient (Wildman–Crippen LogP) is 1.79. The number of hydrogen-bond acceptors (Lipinski definition) is 7. The van der Waals surface area contributed by atoms with Crippen LogP contribution in [-0.4, -0.2) is 38.2 Å². The first-order chi connectivity index (χ1) is 12.6. The Morgan fingerprint density at radius 3 is 2.58 bits per heavy atom. The number of ether oxygens (including phenoxy) is 4. The van der Waals surface area contributed by atoms with Gasteiger partial charge in [-0.25, -0.2) is 4.79 Å². The van der Waals surface area contributed by atoms with Crippen LogP contribution in [0.4, 0.5) is 5.69 Å². The lowest BCUT2D eigenvalue weighted by Crippen LogP contribution is -2.23. The lowest BCUT2D eigenvalue weighted by Gasteiger charge is -2.08. The Balaban J connectivity index is 1.40. The maximum atomic E-state index is 11.8. The second kappa shape index (κ2) is 8.02. The molecule has 0 atom stereocenters. The highest BCUT2D eigenvalue weighted by Crippen LogP contribution is 2.34. The summed E-state index contributed by atoms with van der Waals surface area (Å²) in [6, 6.07) is 11.2. The van der Waals surface area contributed by atoms with Gasteiger partial charge >= 0.3 is 5.97 Å². The van der Waals surface area contributed by atoms with Gasteiger partial charge in [0.05, 0.1) is 0 Å². The number of rotatable bonds is 7. The molecule has 0 saturated carbocycles. The van der Waals surface area contributed by atoms with Crippen molar-refractivity contribution in [3.05, 3.63) is 48.0 Å². The monoisotopic (exact) mass is 357 g/mol. The van der Waals surface area contributed by atoms with Crippen LogP contribution in [0.5, 0.6) is 17.2 Å². The van der Waals surface area contributed by atoms with Gasteiger partial charge in [-0.3, -0.25) is 9.59 Å². The largest absolute Gasteiger partial charge is 0.482 e. The number of carbonyl (C=O) groups excluding carboxylic acids is 3. The zero-order valence-corrected chi connectivity index (χ0v) is 13.6. The van der Waals surface area contributed by atoms with Crippen LogP contribution >= 0.6 is 0 Å². The highest BCUT2D eigenvalue weighted by Gasteiger charge is 2.15. The molecular weight excluding hydrogens is 342 g/mol. The Kier molecular flexibility index (Phi) is 5.33. The summed E-state index contributed by atoms with van der Waals surface area (Å²) < 4.78 is 20.5. The number of nitrogens with one attached hydrogen (secondary N) is 1. The average molecular weight is 357 g/mol. The minimum atomic E-state index is -0.690. The first-order valence-corrected chi connectivity index (χ1v) is 7.67. The molecule has 1 aliphatic rings. The van der Waals surface area contributed by atoms with Crippen LogP contribution in [0.1, 0.15) is 10.4 Å². The third kappa shape index (κ3) is 4.50. The minimum Gasteiger partial charge on any atom is -0.482 e. The van der Waals surface area contributed by atoms with Crippen molar-refractivity contribution in [2.45, 2.75) is 0 Å². The van der Waals surface area contributed by atoms with Gasteiger partial charge in [0.15, 0.2) is 24.7 Å². The van der Waals surface area contributed by atoms with Gasteiger partial charge in [0, 0.05) is 17.3 Å². The van der Waals surface area contributed by atoms with Crippen molar-refractivity contribution in [2.24, 2.45) is 0 Å². The summed E-state index contributed by atoms with van der Waals surface area (Å²) in [5.74, 6) is 0.372. The normalized spacial score (nSPS) is 11.5. The van der Waals surface area contributed by atoms with E-state index in [1.165, 1.54) is 0 Å². The van der Waals surface area contributed by atoms with Crippen molar-refractivity contribution in [3.8, 4) is 17.2 Å². The Hall–Kier alpha value is -3.55. The molecule has 2 aromatic rings. The van der Waals surface area contributed by atoms with E-state index in [1.54, 1.807) is 42.5 Å². The Morgan fingerprint density at radius 1 is 1.04 bits per heavy atom. The molecule has 1 N–H and O–H groups in total. The second-order valence-electron chi connectivity index (χ2n) is 5.25. The summed E-state index contributed by atoms with van der Waals surface area (Å²) in [5.41, 5.74) is 1.00. The topological polar surface area (TPSA) is 100 Å². The molecular formula is C18H15NO7. The molecule has 0 bridgehead atoms. The molecule has 0 radical (unpaired) electrons. The van der Waals surface area contributed by atoms with Crippen molar-refractivity contribution in [1.82, 2.24) is 0 Å². The quantitative estimate of drug-likeness (QED) is 0.595. The van der Waals surface area contributed by atoms with E-state index in [1.807, 2.05) is 0 Å². The van der Waals surface area contributed by atoms with Gasteiger partial charge in [0.2, 0.25) is 6.79 Å². The third-order valence-electron chi connectivity index (χ3n) is 3.39. The fourth-order valence-electron chi connectivity index (χ4n) is 2.14. The molecule has 8 nitrogen and oxygen atoms in total. The Labute approximate surface area is 148 Å². The number of esters is 1. The highest BCUT2D eigenvalue weighted by atomic mass is 16.7. The summed E-state index contributed by atoms with van der Waals surface area (Å²) in [6.07, 6.45) is 0.705. The van der Waals surface area contributed by atoms with E-state index in [9.17, 15) is 14.4 Å². The zero-order valence-electron chi connectivity index (χ0n) is 13.6. The fraction of sp³-hybridized carbons (Fsp3) is 0.167. The lowest BCUT2D eigenvalue weighted by atomic mass is 10.2. The van der Waals surface area contributed by atoms with Crippen LogP contribution in [0.15, 0.2) is 42.5 Å². The smallest absolute Gasteiger partial charge is 0.344 e. The van der Waals surface area contributed by atoms with E-state index < -0.39 is 18.5 Å². The van der Waals surface area contributed by atoms with Gasteiger partial charge < -0.3 is 24.3 Å². The van der Waals surface area contributed by atoms with Crippen LogP contribution in [0.2, 0.25) is 0 Å². The Bertz CT molecular complexity index is 817. The van der Waals surface area contributed by atoms with Gasteiger partial charge in [0.25, 0.3) is 5.91 Å². The maximum Gasteiger partial charge on any atom is 0.344 e. The number of fused-ring (bicyclic) bond motifs is 1. The molecule has 8 heteroatoms. The van der Waals surface area contributed by atoms with Crippen molar-refractivity contribution in [2.75, 3.05) is 25.3 Å². The molecule has 3 rings (SSSR count). The second-order valence-corrected chi connectivity index (χ2v) is 5.25. The molecule has 0 aliphatic carbocycles. The van der Waals surface area contributed by atoms with E-state index in [0.29, 0.717) is 34.8 Å². The standard InChI is InChI=1S/C18H15NO7/c20-8-12-1-4-14(5-2-12)23-10-18(22)24-9-17(21)19-13-3-6-15-16(7-13)26-11-25-15/h1-8H,9-11H2,(H,19,21). The molecule has 1 aliphatic heterocycles. The van der Waals surface area contributed by atoms with Crippen molar-refractivity contribution in [1.29, 1.82) is 0 Å². The maximum absolute atomic E-state index is 11.8. The molecule has 0 unspecified atom stereocenters. The SMILES string of the molecule is O=Cc1ccc(OCC(=O)OCC(=O)Nc2ccc3c(c2)OCO3)cc1. The molecule has 26 heavy (non-hydrogen) atoms. The number of benzene rings is 2. The number of amides is 1. The molecule has 1 heterocycles.